The SMILES string of the molecule is C=C(C)C(=O)OCCOCCOCCOCCOCCOCCOCCOCCOCCOCCOCCOCCC(=O)OC(C)(C)C. The van der Waals surface area contributed by atoms with Crippen molar-refractivity contribution in [1.29, 1.82) is 0 Å². The summed E-state index contributed by atoms with van der Waals surface area (Å²) in [5.74, 6) is -0.685. The van der Waals surface area contributed by atoms with Crippen molar-refractivity contribution in [3.05, 3.63) is 12.2 Å². The van der Waals surface area contributed by atoms with Crippen molar-refractivity contribution in [1.82, 2.24) is 0 Å². The largest absolute Gasteiger partial charge is 0.460 e. The van der Waals surface area contributed by atoms with E-state index in [1.165, 1.54) is 0 Å². The molecule has 0 N–H and O–H groups in total. The van der Waals surface area contributed by atoms with E-state index in [4.69, 9.17) is 61.6 Å². The van der Waals surface area contributed by atoms with Crippen molar-refractivity contribution in [2.24, 2.45) is 0 Å². The smallest absolute Gasteiger partial charge is 0.333 e. The molecule has 0 aliphatic rings. The van der Waals surface area contributed by atoms with E-state index in [1.807, 2.05) is 20.8 Å². The second-order valence-corrected chi connectivity index (χ2v) is 11.0. The van der Waals surface area contributed by atoms with Crippen LogP contribution < -0.4 is 0 Å². The topological polar surface area (TPSA) is 154 Å². The molecule has 48 heavy (non-hydrogen) atoms. The molecular weight excluding hydrogens is 636 g/mol. The monoisotopic (exact) mass is 698 g/mol. The normalized spacial score (nSPS) is 11.6. The van der Waals surface area contributed by atoms with Gasteiger partial charge in [0.25, 0.3) is 0 Å². The molecule has 0 aromatic rings. The number of carbonyl (C=O) groups is 2. The van der Waals surface area contributed by atoms with Gasteiger partial charge in [0.1, 0.15) is 12.2 Å². The molecule has 0 amide bonds. The van der Waals surface area contributed by atoms with Crippen LogP contribution in [0, 0.1) is 0 Å². The fourth-order valence-electron chi connectivity index (χ4n) is 3.17. The van der Waals surface area contributed by atoms with Crippen molar-refractivity contribution in [2.75, 3.05) is 152 Å². The molecule has 0 fully saturated rings. The summed E-state index contributed by atoms with van der Waals surface area (Å²) in [6.07, 6.45) is 0.227. The number of hydrogen-bond donors (Lipinski definition) is 0. The highest BCUT2D eigenvalue weighted by atomic mass is 16.6. The molecular formula is C33H62O15. The fourth-order valence-corrected chi connectivity index (χ4v) is 3.17. The van der Waals surface area contributed by atoms with Crippen LogP contribution >= 0.6 is 0 Å². The van der Waals surface area contributed by atoms with Crippen LogP contribution in [0.4, 0.5) is 0 Å². The Bertz CT molecular complexity index is 745. The number of esters is 2. The minimum Gasteiger partial charge on any atom is -0.460 e. The van der Waals surface area contributed by atoms with Gasteiger partial charge in [-0.15, -0.1) is 0 Å². The van der Waals surface area contributed by atoms with E-state index in [2.05, 4.69) is 6.58 Å². The van der Waals surface area contributed by atoms with Crippen LogP contribution in [0.3, 0.4) is 0 Å². The molecule has 0 saturated heterocycles. The van der Waals surface area contributed by atoms with Gasteiger partial charge in [-0.1, -0.05) is 6.58 Å². The van der Waals surface area contributed by atoms with Crippen LogP contribution in [0.2, 0.25) is 0 Å². The highest BCUT2D eigenvalue weighted by molar-refractivity contribution is 5.86. The molecule has 0 bridgehead atoms. The molecule has 0 aliphatic carbocycles. The first-order valence-corrected chi connectivity index (χ1v) is 16.6. The van der Waals surface area contributed by atoms with E-state index in [1.54, 1.807) is 6.92 Å². The lowest BCUT2D eigenvalue weighted by Crippen LogP contribution is -2.24. The van der Waals surface area contributed by atoms with Crippen LogP contribution in [-0.2, 0) is 71.2 Å². The summed E-state index contributed by atoms with van der Waals surface area (Å²) in [6.45, 7) is 20.8. The summed E-state index contributed by atoms with van der Waals surface area (Å²) in [5, 5.41) is 0. The molecule has 0 aliphatic heterocycles. The number of ether oxygens (including phenoxy) is 13. The van der Waals surface area contributed by atoms with Crippen molar-refractivity contribution < 1.29 is 71.2 Å². The molecule has 0 rings (SSSR count). The van der Waals surface area contributed by atoms with E-state index in [0.717, 1.165) is 0 Å². The number of hydrogen-bond acceptors (Lipinski definition) is 15. The molecule has 0 heterocycles. The first-order chi connectivity index (χ1) is 23.2. The highest BCUT2D eigenvalue weighted by Gasteiger charge is 2.15. The number of carbonyl (C=O) groups excluding carboxylic acids is 2. The lowest BCUT2D eigenvalue weighted by atomic mass is 10.2. The molecule has 0 aromatic carbocycles. The Morgan fingerprint density at radius 2 is 0.646 bits per heavy atom. The Hall–Kier alpha value is -1.76. The lowest BCUT2D eigenvalue weighted by Gasteiger charge is -2.19. The molecule has 0 saturated carbocycles. The quantitative estimate of drug-likeness (QED) is 0.0528. The molecule has 15 nitrogen and oxygen atoms in total. The van der Waals surface area contributed by atoms with Crippen molar-refractivity contribution in [3.63, 3.8) is 0 Å². The van der Waals surface area contributed by atoms with E-state index in [-0.39, 0.29) is 19.0 Å². The van der Waals surface area contributed by atoms with E-state index >= 15 is 0 Å². The zero-order valence-electron chi connectivity index (χ0n) is 29.8. The summed E-state index contributed by atoms with van der Waals surface area (Å²) in [5.41, 5.74) is -0.111. The van der Waals surface area contributed by atoms with Crippen LogP contribution in [0.15, 0.2) is 12.2 Å². The lowest BCUT2D eigenvalue weighted by molar-refractivity contribution is -0.156. The molecule has 0 spiro atoms. The molecule has 15 heteroatoms. The van der Waals surface area contributed by atoms with Crippen LogP contribution in [0.25, 0.3) is 0 Å². The maximum absolute atomic E-state index is 11.6. The van der Waals surface area contributed by atoms with Gasteiger partial charge in [-0.05, 0) is 27.7 Å². The van der Waals surface area contributed by atoms with Gasteiger partial charge in [0, 0.05) is 5.57 Å². The van der Waals surface area contributed by atoms with Crippen molar-refractivity contribution in [2.45, 2.75) is 39.7 Å². The van der Waals surface area contributed by atoms with Crippen LogP contribution in [0.1, 0.15) is 34.1 Å². The Kier molecular flexibility index (Phi) is 33.8. The summed E-state index contributed by atoms with van der Waals surface area (Å²) in [6, 6.07) is 0. The third kappa shape index (κ3) is 38.7. The Labute approximate surface area is 287 Å². The summed E-state index contributed by atoms with van der Waals surface area (Å²) < 4.78 is 69.8. The zero-order chi connectivity index (χ0) is 35.4. The van der Waals surface area contributed by atoms with Gasteiger partial charge < -0.3 is 61.6 Å². The Morgan fingerprint density at radius 3 is 0.875 bits per heavy atom. The standard InChI is InChI=1S/C33H62O15/c1-30(2)32(35)47-29-28-46-27-26-45-25-24-44-23-22-43-21-20-42-19-18-41-17-16-40-15-14-39-13-12-38-11-10-37-9-8-36-7-6-31(34)48-33(3,4)5/h1,6-29H2,2-5H3. The van der Waals surface area contributed by atoms with E-state index < -0.39 is 11.6 Å². The van der Waals surface area contributed by atoms with Crippen molar-refractivity contribution in [3.8, 4) is 0 Å². The average molecular weight is 699 g/mol. The van der Waals surface area contributed by atoms with Gasteiger partial charge in [0.15, 0.2) is 0 Å². The van der Waals surface area contributed by atoms with Gasteiger partial charge in [0.05, 0.1) is 152 Å². The predicted molar refractivity (Wildman–Crippen MR) is 175 cm³/mol. The average Bonchev–Trinajstić information content (AvgIpc) is 3.03. The van der Waals surface area contributed by atoms with Gasteiger partial charge in [0.2, 0.25) is 0 Å². The molecule has 0 atom stereocenters. The minimum absolute atomic E-state index is 0.195. The van der Waals surface area contributed by atoms with E-state index in [0.29, 0.717) is 151 Å². The Morgan fingerprint density at radius 1 is 0.417 bits per heavy atom. The van der Waals surface area contributed by atoms with E-state index in [9.17, 15) is 9.59 Å². The summed E-state index contributed by atoms with van der Waals surface area (Å²) >= 11 is 0. The van der Waals surface area contributed by atoms with Crippen molar-refractivity contribution >= 4 is 11.9 Å². The molecule has 284 valence electrons. The van der Waals surface area contributed by atoms with Crippen LogP contribution in [0.5, 0.6) is 0 Å². The first-order valence-electron chi connectivity index (χ1n) is 16.6. The fraction of sp³-hybridized carbons (Fsp3) is 0.879. The molecule has 0 aromatic heterocycles. The maximum atomic E-state index is 11.6. The highest BCUT2D eigenvalue weighted by Crippen LogP contribution is 2.08. The van der Waals surface area contributed by atoms with Gasteiger partial charge in [-0.2, -0.15) is 0 Å². The Balaban J connectivity index is 3.12. The minimum atomic E-state index is -0.478. The first kappa shape index (κ1) is 46.2. The third-order valence-corrected chi connectivity index (χ3v) is 5.40. The predicted octanol–water partition coefficient (Wildman–Crippen LogP) is 2.02. The number of rotatable bonds is 37. The molecule has 0 radical (unpaired) electrons. The van der Waals surface area contributed by atoms with Gasteiger partial charge in [-0.25, -0.2) is 4.79 Å². The summed E-state index contributed by atoms with van der Waals surface area (Å²) in [7, 11) is 0. The zero-order valence-corrected chi connectivity index (χ0v) is 29.8. The van der Waals surface area contributed by atoms with Crippen LogP contribution in [-0.4, -0.2) is 169 Å². The second-order valence-electron chi connectivity index (χ2n) is 11.0. The van der Waals surface area contributed by atoms with Gasteiger partial charge >= 0.3 is 11.9 Å². The summed E-state index contributed by atoms with van der Waals surface area (Å²) in [4.78, 5) is 22.7. The molecule has 0 unspecified atom stereocenters. The van der Waals surface area contributed by atoms with Gasteiger partial charge in [-0.3, -0.25) is 4.79 Å². The second kappa shape index (κ2) is 35.1. The maximum Gasteiger partial charge on any atom is 0.333 e. The third-order valence-electron chi connectivity index (χ3n) is 5.40.